The SMILES string of the molecule is Nc1c(Cl)cc(C[C@@H](NC(=O)ON2CCC(N3CCc4ccccc4NC3=O)CC2)C(=O)N2CCC(N3CCCCC3)CC2)cc1C(F)(F)F. The van der Waals surface area contributed by atoms with Crippen molar-refractivity contribution in [3.63, 3.8) is 0 Å². The molecule has 6 rings (SSSR count). The molecule has 2 aromatic rings. The fourth-order valence-electron chi connectivity index (χ4n) is 7.69. The van der Waals surface area contributed by atoms with Gasteiger partial charge in [0.2, 0.25) is 5.91 Å². The molecule has 4 aliphatic heterocycles. The molecule has 4 heterocycles. The zero-order valence-corrected chi connectivity index (χ0v) is 28.8. The monoisotopic (exact) mass is 719 g/mol. The van der Waals surface area contributed by atoms with Gasteiger partial charge in [-0.15, -0.1) is 5.06 Å². The Labute approximate surface area is 295 Å². The van der Waals surface area contributed by atoms with E-state index in [9.17, 15) is 27.6 Å². The zero-order valence-electron chi connectivity index (χ0n) is 28.0. The molecule has 272 valence electrons. The predicted molar refractivity (Wildman–Crippen MR) is 183 cm³/mol. The molecule has 15 heteroatoms. The highest BCUT2D eigenvalue weighted by Crippen LogP contribution is 2.38. The molecule has 0 unspecified atom stereocenters. The Morgan fingerprint density at radius 2 is 1.64 bits per heavy atom. The van der Waals surface area contributed by atoms with Gasteiger partial charge in [-0.25, -0.2) is 9.59 Å². The molecular weight excluding hydrogens is 675 g/mol. The number of para-hydroxylation sites is 1. The van der Waals surface area contributed by atoms with Crippen molar-refractivity contribution in [3.05, 3.63) is 58.1 Å². The number of nitrogen functional groups attached to an aromatic ring is 1. The summed E-state index contributed by atoms with van der Waals surface area (Å²) in [6, 6.07) is 8.86. The third-order valence-electron chi connectivity index (χ3n) is 10.4. The van der Waals surface area contributed by atoms with Crippen LogP contribution in [-0.2, 0) is 28.7 Å². The first-order chi connectivity index (χ1) is 24.0. The number of nitrogens with zero attached hydrogens (tertiary/aromatic N) is 4. The molecule has 1 atom stereocenters. The summed E-state index contributed by atoms with van der Waals surface area (Å²) in [5, 5.41) is 6.84. The van der Waals surface area contributed by atoms with E-state index >= 15 is 0 Å². The number of hydrogen-bond acceptors (Lipinski definition) is 7. The van der Waals surface area contributed by atoms with Crippen molar-refractivity contribution in [1.29, 1.82) is 0 Å². The Bertz CT molecular complexity index is 1540. The van der Waals surface area contributed by atoms with Crippen LogP contribution in [-0.4, -0.2) is 102 Å². The minimum Gasteiger partial charge on any atom is -0.397 e. The second kappa shape index (κ2) is 15.6. The number of nitrogens with one attached hydrogen (secondary N) is 2. The predicted octanol–water partition coefficient (Wildman–Crippen LogP) is 5.52. The van der Waals surface area contributed by atoms with Crippen molar-refractivity contribution in [2.45, 2.75) is 82.1 Å². The van der Waals surface area contributed by atoms with E-state index in [1.54, 1.807) is 4.90 Å². The van der Waals surface area contributed by atoms with E-state index < -0.39 is 35.5 Å². The van der Waals surface area contributed by atoms with Crippen molar-refractivity contribution < 1.29 is 32.4 Å². The van der Waals surface area contributed by atoms with Crippen molar-refractivity contribution in [2.24, 2.45) is 0 Å². The van der Waals surface area contributed by atoms with Crippen molar-refractivity contribution >= 4 is 41.0 Å². The Balaban J connectivity index is 1.09. The van der Waals surface area contributed by atoms with E-state index in [1.165, 1.54) is 17.6 Å². The van der Waals surface area contributed by atoms with Crippen LogP contribution < -0.4 is 16.4 Å². The number of urea groups is 1. The lowest BCUT2D eigenvalue weighted by molar-refractivity contribution is -0.137. The highest BCUT2D eigenvalue weighted by molar-refractivity contribution is 6.33. The van der Waals surface area contributed by atoms with Gasteiger partial charge in [0.1, 0.15) is 6.04 Å². The molecule has 0 bridgehead atoms. The number of halogens is 4. The fraction of sp³-hybridized carbons (Fsp3) is 0.571. The van der Waals surface area contributed by atoms with E-state index in [0.29, 0.717) is 51.6 Å². The molecule has 11 nitrogen and oxygen atoms in total. The van der Waals surface area contributed by atoms with Crippen LogP contribution in [0, 0.1) is 0 Å². The number of rotatable bonds is 7. The first kappa shape index (κ1) is 36.1. The third kappa shape index (κ3) is 8.57. The smallest absolute Gasteiger partial charge is 0.397 e. The zero-order chi connectivity index (χ0) is 35.4. The van der Waals surface area contributed by atoms with E-state index in [1.807, 2.05) is 29.2 Å². The molecule has 4 N–H and O–H groups in total. The minimum atomic E-state index is -4.75. The summed E-state index contributed by atoms with van der Waals surface area (Å²) >= 11 is 6.10. The minimum absolute atomic E-state index is 0.0486. The average molecular weight is 720 g/mol. The van der Waals surface area contributed by atoms with Gasteiger partial charge in [-0.2, -0.15) is 13.2 Å². The number of piperidine rings is 3. The van der Waals surface area contributed by atoms with Crippen molar-refractivity contribution in [3.8, 4) is 0 Å². The standard InChI is InChI=1S/C35H45ClF3N7O4/c36-28-21-23(20-27(31(28)40)35(37,38)39)22-30(32(47)44-15-9-25(10-16-44)43-13-4-1-5-14-43)42-34(49)50-45-17-11-26(12-18-45)46-19-8-24-6-2-3-7-29(24)41-33(46)48/h2-3,6-7,20-21,25-26,30H,1,4-5,8-19,22,40H2,(H,41,48)(H,42,49)/t30-/m1/s1. The van der Waals surface area contributed by atoms with Gasteiger partial charge in [-0.3, -0.25) is 4.79 Å². The molecule has 2 aromatic carbocycles. The molecule has 0 aromatic heterocycles. The maximum absolute atomic E-state index is 13.9. The number of carbonyl (C=O) groups excluding carboxylic acids is 3. The number of hydroxylamine groups is 2. The maximum Gasteiger partial charge on any atom is 0.426 e. The molecule has 0 radical (unpaired) electrons. The number of alkyl halides is 3. The lowest BCUT2D eigenvalue weighted by Crippen LogP contribution is -2.55. The summed E-state index contributed by atoms with van der Waals surface area (Å²) in [4.78, 5) is 51.8. The van der Waals surface area contributed by atoms with Gasteiger partial charge in [0.15, 0.2) is 0 Å². The third-order valence-corrected chi connectivity index (χ3v) is 10.7. The van der Waals surface area contributed by atoms with Gasteiger partial charge in [0.25, 0.3) is 0 Å². The molecule has 4 aliphatic rings. The molecule has 3 fully saturated rings. The van der Waals surface area contributed by atoms with E-state index in [0.717, 1.165) is 62.5 Å². The van der Waals surface area contributed by atoms with Crippen molar-refractivity contribution in [2.75, 3.05) is 56.9 Å². The van der Waals surface area contributed by atoms with Gasteiger partial charge in [-0.05, 0) is 87.4 Å². The van der Waals surface area contributed by atoms with Gasteiger partial charge < -0.3 is 35.9 Å². The Kier molecular flexibility index (Phi) is 11.3. The van der Waals surface area contributed by atoms with Crippen LogP contribution >= 0.6 is 11.6 Å². The topological polar surface area (TPSA) is 123 Å². The number of anilines is 2. The molecule has 50 heavy (non-hydrogen) atoms. The first-order valence-corrected chi connectivity index (χ1v) is 17.9. The van der Waals surface area contributed by atoms with Crippen molar-refractivity contribution in [1.82, 2.24) is 25.1 Å². The number of carbonyl (C=O) groups is 3. The maximum atomic E-state index is 13.9. The second-order valence-electron chi connectivity index (χ2n) is 13.7. The number of amides is 4. The average Bonchev–Trinajstić information content (AvgIpc) is 3.27. The quantitative estimate of drug-likeness (QED) is 0.322. The molecular formula is C35H45ClF3N7O4. The van der Waals surface area contributed by atoms with E-state index in [-0.39, 0.29) is 29.1 Å². The number of nitrogens with two attached hydrogens (primary N) is 1. The van der Waals surface area contributed by atoms with E-state index in [2.05, 4.69) is 15.5 Å². The van der Waals surface area contributed by atoms with Crippen LogP contribution in [0.25, 0.3) is 0 Å². The normalized spacial score (nSPS) is 20.8. The molecule has 0 spiro atoms. The highest BCUT2D eigenvalue weighted by Gasteiger charge is 2.37. The van der Waals surface area contributed by atoms with Gasteiger partial charge in [0.05, 0.1) is 16.3 Å². The molecule has 4 amide bonds. The summed E-state index contributed by atoms with van der Waals surface area (Å²) < 4.78 is 41.3. The largest absolute Gasteiger partial charge is 0.426 e. The fourth-order valence-corrected chi connectivity index (χ4v) is 7.93. The Morgan fingerprint density at radius 3 is 2.34 bits per heavy atom. The summed E-state index contributed by atoms with van der Waals surface area (Å²) in [5.41, 5.74) is 5.95. The van der Waals surface area contributed by atoms with E-state index in [4.69, 9.17) is 22.2 Å². The lowest BCUT2D eigenvalue weighted by Gasteiger charge is -2.41. The van der Waals surface area contributed by atoms with Gasteiger partial charge >= 0.3 is 18.3 Å². The summed E-state index contributed by atoms with van der Waals surface area (Å²) in [6.45, 7) is 4.34. The second-order valence-corrected chi connectivity index (χ2v) is 14.1. The molecule has 0 saturated carbocycles. The number of benzene rings is 2. The van der Waals surface area contributed by atoms with Crippen LogP contribution in [0.3, 0.4) is 0 Å². The summed E-state index contributed by atoms with van der Waals surface area (Å²) in [7, 11) is 0. The number of hydrogen-bond donors (Lipinski definition) is 3. The Morgan fingerprint density at radius 1 is 0.960 bits per heavy atom. The van der Waals surface area contributed by atoms with Gasteiger partial charge in [0, 0.05) is 56.9 Å². The molecule has 3 saturated heterocycles. The Hall–Kier alpha value is -3.75. The van der Waals surface area contributed by atoms with Crippen LogP contribution in [0.4, 0.5) is 34.1 Å². The summed E-state index contributed by atoms with van der Waals surface area (Å²) in [6.07, 6.45) is 1.10. The number of fused-ring (bicyclic) bond motifs is 1. The highest BCUT2D eigenvalue weighted by atomic mass is 35.5. The van der Waals surface area contributed by atoms with Crippen LogP contribution in [0.1, 0.15) is 61.6 Å². The molecule has 0 aliphatic carbocycles. The lowest BCUT2D eigenvalue weighted by atomic mass is 9.97. The van der Waals surface area contributed by atoms with Crippen LogP contribution in [0.15, 0.2) is 36.4 Å². The first-order valence-electron chi connectivity index (χ1n) is 17.5. The number of likely N-dealkylation sites (tertiary alicyclic amines) is 2. The van der Waals surface area contributed by atoms with Crippen LogP contribution in [0.2, 0.25) is 5.02 Å². The van der Waals surface area contributed by atoms with Crippen LogP contribution in [0.5, 0.6) is 0 Å². The van der Waals surface area contributed by atoms with Gasteiger partial charge in [-0.1, -0.05) is 36.2 Å². The summed E-state index contributed by atoms with van der Waals surface area (Å²) in [5.74, 6) is -0.396.